The lowest BCUT2D eigenvalue weighted by molar-refractivity contribution is 0.112. The van der Waals surface area contributed by atoms with Crippen molar-refractivity contribution in [2.75, 3.05) is 0 Å². The summed E-state index contributed by atoms with van der Waals surface area (Å²) in [5.41, 5.74) is 2.00. The summed E-state index contributed by atoms with van der Waals surface area (Å²) in [5, 5.41) is 4.15. The predicted molar refractivity (Wildman–Crippen MR) is 127 cm³/mol. The van der Waals surface area contributed by atoms with Crippen molar-refractivity contribution in [1.29, 1.82) is 0 Å². The highest BCUT2D eigenvalue weighted by Crippen LogP contribution is 2.36. The van der Waals surface area contributed by atoms with Crippen LogP contribution in [-0.4, -0.2) is 14.4 Å². The number of alkyl halides is 1. The van der Waals surface area contributed by atoms with Gasteiger partial charge in [-0.25, -0.2) is 0 Å². The van der Waals surface area contributed by atoms with E-state index >= 15 is 0 Å². The van der Waals surface area contributed by atoms with E-state index in [-0.39, 0.29) is 5.04 Å². The molecule has 0 aliphatic rings. The smallest absolute Gasteiger partial charge is 0.153 e. The highest BCUT2D eigenvalue weighted by Gasteiger charge is 2.50. The number of halogens is 1. The van der Waals surface area contributed by atoms with E-state index in [1.807, 2.05) is 12.1 Å². The number of hydrogen-bond donors (Lipinski definition) is 0. The fraction of sp³-hybridized carbons (Fsp3) is 0.208. The molecule has 0 heterocycles. The molecule has 3 rings (SSSR count). The van der Waals surface area contributed by atoms with Crippen molar-refractivity contribution in [2.24, 2.45) is 0 Å². The maximum Gasteiger partial charge on any atom is 0.153 e. The molecular weight excluding hydrogens is 459 g/mol. The lowest BCUT2D eigenvalue weighted by Crippen LogP contribution is -2.72. The summed E-state index contributed by atoms with van der Waals surface area (Å²) in [6, 6.07) is 28.1. The molecule has 0 N–H and O–H groups in total. The van der Waals surface area contributed by atoms with Crippen LogP contribution in [0.15, 0.2) is 78.9 Å². The molecule has 0 atom stereocenters. The van der Waals surface area contributed by atoms with Crippen molar-refractivity contribution in [2.45, 2.75) is 30.2 Å². The second-order valence-corrected chi connectivity index (χ2v) is 13.3. The van der Waals surface area contributed by atoms with E-state index in [1.54, 1.807) is 0 Å². The maximum atomic E-state index is 11.8. The van der Waals surface area contributed by atoms with E-state index in [0.29, 0.717) is 0 Å². The lowest BCUT2D eigenvalue weighted by Gasteiger charge is -2.45. The van der Waals surface area contributed by atoms with Crippen LogP contribution < -0.4 is 15.6 Å². The number of aldehydes is 1. The van der Waals surface area contributed by atoms with Crippen LogP contribution >= 0.6 is 22.6 Å². The molecule has 3 heteroatoms. The largest absolute Gasteiger partial charge is 0.298 e. The first-order valence-electron chi connectivity index (χ1n) is 9.21. The van der Waals surface area contributed by atoms with Crippen LogP contribution in [0.2, 0.25) is 5.04 Å². The Bertz CT molecular complexity index is 875. The average Bonchev–Trinajstić information content (AvgIpc) is 2.69. The molecule has 3 aromatic rings. The third-order valence-electron chi connectivity index (χ3n) is 5.42. The zero-order valence-electron chi connectivity index (χ0n) is 16.1. The predicted octanol–water partition coefficient (Wildman–Crippen LogP) is 4.70. The first-order valence-corrected chi connectivity index (χ1v) is 12.7. The van der Waals surface area contributed by atoms with Crippen molar-refractivity contribution < 1.29 is 4.79 Å². The van der Waals surface area contributed by atoms with E-state index in [0.717, 1.165) is 16.3 Å². The van der Waals surface area contributed by atoms with Gasteiger partial charge in [-0.3, -0.25) is 4.79 Å². The van der Waals surface area contributed by atoms with Gasteiger partial charge < -0.3 is 0 Å². The van der Waals surface area contributed by atoms with Gasteiger partial charge in [-0.15, -0.1) is 0 Å². The quantitative estimate of drug-likeness (QED) is 0.169. The first-order chi connectivity index (χ1) is 13.0. The summed E-state index contributed by atoms with van der Waals surface area (Å²) in [7, 11) is -2.40. The number of carbonyl (C=O) groups is 1. The van der Waals surface area contributed by atoms with Crippen LogP contribution in [0.3, 0.4) is 0 Å². The molecule has 138 valence electrons. The highest BCUT2D eigenvalue weighted by molar-refractivity contribution is 14.1. The van der Waals surface area contributed by atoms with Crippen LogP contribution in [0, 0.1) is 0 Å². The Hall–Kier alpha value is -1.72. The molecule has 0 aromatic heterocycles. The summed E-state index contributed by atoms with van der Waals surface area (Å²) in [5.74, 6) is 0. The van der Waals surface area contributed by atoms with Crippen LogP contribution in [-0.2, 0) is 4.43 Å². The number of hydrogen-bond acceptors (Lipinski definition) is 1. The Balaban J connectivity index is 2.51. The Morgan fingerprint density at radius 3 is 1.74 bits per heavy atom. The van der Waals surface area contributed by atoms with Gasteiger partial charge in [0.15, 0.2) is 8.07 Å². The molecule has 0 amide bonds. The maximum absolute atomic E-state index is 11.8. The number of carbonyl (C=O) groups excluding carboxylic acids is 1. The van der Waals surface area contributed by atoms with Crippen molar-refractivity contribution in [3.05, 3.63) is 90.0 Å². The van der Waals surface area contributed by atoms with Gasteiger partial charge in [-0.05, 0) is 26.2 Å². The second-order valence-electron chi connectivity index (χ2n) is 7.86. The molecular formula is C24H25IOSi. The Morgan fingerprint density at radius 2 is 1.33 bits per heavy atom. The Labute approximate surface area is 177 Å². The molecule has 1 nitrogen and oxygen atoms in total. The minimum Gasteiger partial charge on any atom is -0.298 e. The molecule has 0 radical (unpaired) electrons. The number of benzene rings is 3. The summed E-state index contributed by atoms with van der Waals surface area (Å²) < 4.78 is 0.826. The van der Waals surface area contributed by atoms with Crippen LogP contribution in [0.1, 0.15) is 36.7 Å². The zero-order chi connectivity index (χ0) is 19.5. The molecule has 0 aliphatic heterocycles. The van der Waals surface area contributed by atoms with Gasteiger partial charge in [0, 0.05) is 9.99 Å². The monoisotopic (exact) mass is 484 g/mol. The fourth-order valence-electron chi connectivity index (χ4n) is 4.34. The molecule has 0 saturated carbocycles. The van der Waals surface area contributed by atoms with Crippen molar-refractivity contribution in [3.8, 4) is 0 Å². The third kappa shape index (κ3) is 3.43. The second kappa shape index (κ2) is 8.11. The minimum absolute atomic E-state index is 0.0256. The standard InChI is InChI=1S/C24H25IOSi/c1-24(2,3)27(20-12-6-4-7-13-20,21-14-8-5-9-15-21)23-16-10-11-19(18-26)22(23)17-25/h4-16,18H,17H2,1-3H3. The molecule has 0 aliphatic carbocycles. The van der Waals surface area contributed by atoms with Gasteiger partial charge in [0.1, 0.15) is 6.29 Å². The van der Waals surface area contributed by atoms with E-state index in [4.69, 9.17) is 0 Å². The Kier molecular flexibility index (Phi) is 6.01. The van der Waals surface area contributed by atoms with E-state index in [1.165, 1.54) is 21.1 Å². The topological polar surface area (TPSA) is 17.1 Å². The van der Waals surface area contributed by atoms with Gasteiger partial charge in [-0.2, -0.15) is 0 Å². The zero-order valence-corrected chi connectivity index (χ0v) is 19.2. The molecule has 27 heavy (non-hydrogen) atoms. The van der Waals surface area contributed by atoms with Crippen molar-refractivity contribution >= 4 is 52.5 Å². The van der Waals surface area contributed by atoms with Crippen LogP contribution in [0.5, 0.6) is 0 Å². The molecule has 0 fully saturated rings. The van der Waals surface area contributed by atoms with Gasteiger partial charge in [0.05, 0.1) is 0 Å². The minimum atomic E-state index is -2.40. The Morgan fingerprint density at radius 1 is 0.815 bits per heavy atom. The molecule has 0 bridgehead atoms. The molecule has 3 aromatic carbocycles. The highest BCUT2D eigenvalue weighted by atomic mass is 127. The molecule has 0 saturated heterocycles. The van der Waals surface area contributed by atoms with Crippen LogP contribution in [0.25, 0.3) is 0 Å². The summed E-state index contributed by atoms with van der Waals surface area (Å²) in [6.45, 7) is 7.05. The SMILES string of the molecule is CC(C)(C)[Si](c1ccccc1)(c1ccccc1)c1cccc(C=O)c1CI. The van der Waals surface area contributed by atoms with Gasteiger partial charge in [0.2, 0.25) is 0 Å². The lowest BCUT2D eigenvalue weighted by atomic mass is 10.1. The summed E-state index contributed by atoms with van der Waals surface area (Å²) in [4.78, 5) is 11.8. The summed E-state index contributed by atoms with van der Waals surface area (Å²) >= 11 is 2.40. The van der Waals surface area contributed by atoms with E-state index in [2.05, 4.69) is 110 Å². The van der Waals surface area contributed by atoms with E-state index < -0.39 is 8.07 Å². The molecule has 0 unspecified atom stereocenters. The van der Waals surface area contributed by atoms with Crippen molar-refractivity contribution in [3.63, 3.8) is 0 Å². The normalized spacial score (nSPS) is 12.0. The van der Waals surface area contributed by atoms with Gasteiger partial charge in [0.25, 0.3) is 0 Å². The third-order valence-corrected chi connectivity index (χ3v) is 12.1. The van der Waals surface area contributed by atoms with Gasteiger partial charge >= 0.3 is 0 Å². The van der Waals surface area contributed by atoms with Crippen molar-refractivity contribution in [1.82, 2.24) is 0 Å². The van der Waals surface area contributed by atoms with Crippen LogP contribution in [0.4, 0.5) is 0 Å². The van der Waals surface area contributed by atoms with E-state index in [9.17, 15) is 4.79 Å². The fourth-order valence-corrected chi connectivity index (χ4v) is 11.5. The number of rotatable bonds is 5. The summed E-state index contributed by atoms with van der Waals surface area (Å²) in [6.07, 6.45) is 1.01. The average molecular weight is 484 g/mol. The molecule has 0 spiro atoms. The first kappa shape index (κ1) is 20.0. The van der Waals surface area contributed by atoms with Gasteiger partial charge in [-0.1, -0.05) is 122 Å².